The SMILES string of the molecule is CCOC(=O)c1c(C)n(C)c2ncc(O)cc12. The van der Waals surface area contributed by atoms with Gasteiger partial charge in [0.05, 0.1) is 18.4 Å². The second kappa shape index (κ2) is 4.08. The third kappa shape index (κ3) is 1.73. The minimum atomic E-state index is -0.386. The molecule has 5 heteroatoms. The van der Waals surface area contributed by atoms with E-state index in [1.165, 1.54) is 12.3 Å². The van der Waals surface area contributed by atoms with Gasteiger partial charge in [-0.2, -0.15) is 0 Å². The molecule has 0 amide bonds. The maximum absolute atomic E-state index is 11.9. The molecule has 0 aliphatic heterocycles. The van der Waals surface area contributed by atoms with Crippen LogP contribution in [-0.2, 0) is 11.8 Å². The third-order valence-electron chi connectivity index (χ3n) is 2.78. The van der Waals surface area contributed by atoms with Crippen molar-refractivity contribution in [1.82, 2.24) is 9.55 Å². The van der Waals surface area contributed by atoms with E-state index in [-0.39, 0.29) is 11.7 Å². The van der Waals surface area contributed by atoms with Gasteiger partial charge in [-0.1, -0.05) is 0 Å². The number of aryl methyl sites for hydroxylation is 1. The van der Waals surface area contributed by atoms with Crippen LogP contribution in [0.15, 0.2) is 12.3 Å². The van der Waals surface area contributed by atoms with Gasteiger partial charge in [-0.3, -0.25) is 0 Å². The Hall–Kier alpha value is -2.04. The van der Waals surface area contributed by atoms with Crippen molar-refractivity contribution in [3.63, 3.8) is 0 Å². The van der Waals surface area contributed by atoms with Crippen molar-refractivity contribution in [1.29, 1.82) is 0 Å². The van der Waals surface area contributed by atoms with Gasteiger partial charge in [-0.05, 0) is 19.9 Å². The van der Waals surface area contributed by atoms with Crippen molar-refractivity contribution in [3.8, 4) is 5.75 Å². The summed E-state index contributed by atoms with van der Waals surface area (Å²) in [6.45, 7) is 3.90. The fraction of sp³-hybridized carbons (Fsp3) is 0.333. The summed E-state index contributed by atoms with van der Waals surface area (Å²) in [7, 11) is 1.82. The summed E-state index contributed by atoms with van der Waals surface area (Å²) in [5.74, 6) is -0.350. The van der Waals surface area contributed by atoms with Crippen LogP contribution < -0.4 is 0 Å². The zero-order valence-corrected chi connectivity index (χ0v) is 10.0. The number of hydrogen-bond donors (Lipinski definition) is 1. The lowest BCUT2D eigenvalue weighted by Gasteiger charge is -2.01. The van der Waals surface area contributed by atoms with E-state index < -0.39 is 0 Å². The molecule has 2 heterocycles. The molecule has 0 radical (unpaired) electrons. The van der Waals surface area contributed by atoms with Crippen LogP contribution in [0.5, 0.6) is 5.75 Å². The Bertz CT molecular complexity index is 587. The number of rotatable bonds is 2. The minimum Gasteiger partial charge on any atom is -0.506 e. The summed E-state index contributed by atoms with van der Waals surface area (Å²) in [4.78, 5) is 16.0. The molecule has 2 aromatic rings. The van der Waals surface area contributed by atoms with Crippen LogP contribution in [0.4, 0.5) is 0 Å². The van der Waals surface area contributed by atoms with E-state index in [0.717, 1.165) is 5.69 Å². The molecular weight excluding hydrogens is 220 g/mol. The lowest BCUT2D eigenvalue weighted by molar-refractivity contribution is 0.0527. The number of esters is 1. The molecule has 0 aromatic carbocycles. The highest BCUT2D eigenvalue weighted by atomic mass is 16.5. The van der Waals surface area contributed by atoms with Gasteiger partial charge in [-0.25, -0.2) is 9.78 Å². The Morgan fingerprint density at radius 1 is 1.59 bits per heavy atom. The van der Waals surface area contributed by atoms with Crippen LogP contribution in [0.25, 0.3) is 11.0 Å². The van der Waals surface area contributed by atoms with E-state index >= 15 is 0 Å². The van der Waals surface area contributed by atoms with E-state index in [4.69, 9.17) is 4.74 Å². The molecule has 0 aliphatic carbocycles. The molecule has 0 fully saturated rings. The number of carbonyl (C=O) groups excluding carboxylic acids is 1. The van der Waals surface area contributed by atoms with E-state index in [1.807, 2.05) is 14.0 Å². The number of fused-ring (bicyclic) bond motifs is 1. The first-order valence-electron chi connectivity index (χ1n) is 5.37. The van der Waals surface area contributed by atoms with Crippen molar-refractivity contribution in [2.45, 2.75) is 13.8 Å². The lowest BCUT2D eigenvalue weighted by Crippen LogP contribution is -2.06. The van der Waals surface area contributed by atoms with E-state index in [9.17, 15) is 9.90 Å². The van der Waals surface area contributed by atoms with Crippen LogP contribution in [-0.4, -0.2) is 27.2 Å². The number of nitrogens with zero attached hydrogens (tertiary/aromatic N) is 2. The van der Waals surface area contributed by atoms with E-state index in [1.54, 1.807) is 11.5 Å². The molecule has 17 heavy (non-hydrogen) atoms. The van der Waals surface area contributed by atoms with Crippen molar-refractivity contribution in [2.24, 2.45) is 7.05 Å². The summed E-state index contributed by atoms with van der Waals surface area (Å²) < 4.78 is 6.81. The monoisotopic (exact) mass is 234 g/mol. The van der Waals surface area contributed by atoms with Gasteiger partial charge >= 0.3 is 5.97 Å². The summed E-state index contributed by atoms with van der Waals surface area (Å²) in [5, 5.41) is 10.1. The van der Waals surface area contributed by atoms with E-state index in [2.05, 4.69) is 4.98 Å². The summed E-state index contributed by atoms with van der Waals surface area (Å²) in [6.07, 6.45) is 1.36. The second-order valence-corrected chi connectivity index (χ2v) is 3.80. The van der Waals surface area contributed by atoms with Gasteiger partial charge in [0.15, 0.2) is 0 Å². The molecule has 2 rings (SSSR count). The van der Waals surface area contributed by atoms with Gasteiger partial charge in [0.25, 0.3) is 0 Å². The normalized spacial score (nSPS) is 10.8. The molecule has 5 nitrogen and oxygen atoms in total. The van der Waals surface area contributed by atoms with Gasteiger partial charge in [0.2, 0.25) is 0 Å². The predicted molar refractivity (Wildman–Crippen MR) is 63.1 cm³/mol. The Balaban J connectivity index is 2.72. The zero-order valence-electron chi connectivity index (χ0n) is 10.0. The summed E-state index contributed by atoms with van der Waals surface area (Å²) in [6, 6.07) is 1.53. The van der Waals surface area contributed by atoms with Gasteiger partial charge < -0.3 is 14.4 Å². The fourth-order valence-electron chi connectivity index (χ4n) is 1.88. The van der Waals surface area contributed by atoms with Crippen molar-refractivity contribution in [2.75, 3.05) is 6.61 Å². The highest BCUT2D eigenvalue weighted by molar-refractivity contribution is 6.05. The van der Waals surface area contributed by atoms with Crippen molar-refractivity contribution in [3.05, 3.63) is 23.5 Å². The first kappa shape index (κ1) is 11.4. The first-order valence-corrected chi connectivity index (χ1v) is 5.37. The van der Waals surface area contributed by atoms with Crippen molar-refractivity contribution < 1.29 is 14.6 Å². The fourth-order valence-corrected chi connectivity index (χ4v) is 1.88. The number of hydrogen-bond acceptors (Lipinski definition) is 4. The highest BCUT2D eigenvalue weighted by Gasteiger charge is 2.20. The van der Waals surface area contributed by atoms with Crippen molar-refractivity contribution >= 4 is 17.0 Å². The van der Waals surface area contributed by atoms with Gasteiger partial charge in [-0.15, -0.1) is 0 Å². The molecule has 0 saturated carbocycles. The van der Waals surface area contributed by atoms with Crippen LogP contribution in [0.3, 0.4) is 0 Å². The molecule has 0 saturated heterocycles. The minimum absolute atomic E-state index is 0.0358. The molecule has 0 spiro atoms. The second-order valence-electron chi connectivity index (χ2n) is 3.80. The number of ether oxygens (including phenoxy) is 1. The van der Waals surface area contributed by atoms with Gasteiger partial charge in [0.1, 0.15) is 11.4 Å². The van der Waals surface area contributed by atoms with Crippen LogP contribution in [0, 0.1) is 6.92 Å². The number of carbonyl (C=O) groups is 1. The third-order valence-corrected chi connectivity index (χ3v) is 2.78. The molecule has 90 valence electrons. The number of aromatic nitrogens is 2. The Labute approximate surface area is 98.6 Å². The van der Waals surface area contributed by atoms with Crippen LogP contribution in [0.1, 0.15) is 23.0 Å². The zero-order chi connectivity index (χ0) is 12.6. The smallest absolute Gasteiger partial charge is 0.340 e. The predicted octanol–water partition coefficient (Wildman–Crippen LogP) is 1.76. The molecular formula is C12H14N2O3. The summed E-state index contributed by atoms with van der Waals surface area (Å²) >= 11 is 0. The Morgan fingerprint density at radius 3 is 2.94 bits per heavy atom. The molecule has 0 atom stereocenters. The molecule has 0 aliphatic rings. The molecule has 1 N–H and O–H groups in total. The maximum Gasteiger partial charge on any atom is 0.340 e. The standard InChI is InChI=1S/C12H14N2O3/c1-4-17-12(16)10-7(2)14(3)11-9(10)5-8(15)6-13-11/h5-6,15H,4H2,1-3H3. The quantitative estimate of drug-likeness (QED) is 0.804. The average molecular weight is 234 g/mol. The lowest BCUT2D eigenvalue weighted by atomic mass is 10.2. The Morgan fingerprint density at radius 2 is 2.29 bits per heavy atom. The first-order chi connectivity index (χ1) is 8.06. The van der Waals surface area contributed by atoms with Crippen LogP contribution in [0.2, 0.25) is 0 Å². The molecule has 2 aromatic heterocycles. The van der Waals surface area contributed by atoms with Crippen LogP contribution >= 0.6 is 0 Å². The topological polar surface area (TPSA) is 64.4 Å². The molecule has 0 unspecified atom stereocenters. The largest absolute Gasteiger partial charge is 0.506 e. The van der Waals surface area contributed by atoms with E-state index in [0.29, 0.717) is 23.2 Å². The Kier molecular flexibility index (Phi) is 2.75. The summed E-state index contributed by atoms with van der Waals surface area (Å²) in [5.41, 5.74) is 1.90. The number of aromatic hydroxyl groups is 1. The average Bonchev–Trinajstić information content (AvgIpc) is 2.51. The molecule has 0 bridgehead atoms. The number of pyridine rings is 1. The maximum atomic E-state index is 11.9. The highest BCUT2D eigenvalue weighted by Crippen LogP contribution is 2.26. The van der Waals surface area contributed by atoms with Gasteiger partial charge in [0, 0.05) is 18.1 Å².